The van der Waals surface area contributed by atoms with E-state index >= 15 is 0 Å². The number of carbonyl (C=O) groups is 1. The minimum absolute atomic E-state index is 0.120. The number of carbonyl (C=O) groups excluding carboxylic acids is 1. The molecule has 104 valence electrons. The maximum absolute atomic E-state index is 12.0. The zero-order chi connectivity index (χ0) is 14.2. The first kappa shape index (κ1) is 14.5. The highest BCUT2D eigenvalue weighted by molar-refractivity contribution is 7.99. The molecular weight excluding hydrogens is 270 g/mol. The average Bonchev–Trinajstić information content (AvgIpc) is 2.49. The molecule has 2 heterocycles. The van der Waals surface area contributed by atoms with Crippen molar-refractivity contribution < 1.29 is 4.79 Å². The number of amides is 1. The van der Waals surface area contributed by atoms with Crippen molar-refractivity contribution in [3.63, 3.8) is 0 Å². The minimum atomic E-state index is 0.120. The SMILES string of the molecule is CN(Cc1cccnc1)C(=O)CSCc1ccccn1. The van der Waals surface area contributed by atoms with Gasteiger partial charge >= 0.3 is 0 Å². The number of thioether (sulfide) groups is 1. The summed E-state index contributed by atoms with van der Waals surface area (Å²) in [5, 5.41) is 0. The summed E-state index contributed by atoms with van der Waals surface area (Å²) in [6.07, 6.45) is 5.28. The maximum atomic E-state index is 12.0. The van der Waals surface area contributed by atoms with Gasteiger partial charge in [0.15, 0.2) is 0 Å². The molecule has 0 aromatic carbocycles. The first-order valence-corrected chi connectivity index (χ1v) is 7.51. The molecule has 5 heteroatoms. The second-order valence-electron chi connectivity index (χ2n) is 4.42. The summed E-state index contributed by atoms with van der Waals surface area (Å²) in [6.45, 7) is 0.594. The largest absolute Gasteiger partial charge is 0.341 e. The summed E-state index contributed by atoms with van der Waals surface area (Å²) in [5.41, 5.74) is 2.04. The van der Waals surface area contributed by atoms with Crippen LogP contribution in [0.3, 0.4) is 0 Å². The summed E-state index contributed by atoms with van der Waals surface area (Å²) in [6, 6.07) is 9.67. The summed E-state index contributed by atoms with van der Waals surface area (Å²) in [4.78, 5) is 22.0. The predicted molar refractivity (Wildman–Crippen MR) is 81.1 cm³/mol. The van der Waals surface area contributed by atoms with Crippen molar-refractivity contribution >= 4 is 17.7 Å². The van der Waals surface area contributed by atoms with E-state index in [9.17, 15) is 4.79 Å². The maximum Gasteiger partial charge on any atom is 0.232 e. The first-order chi connectivity index (χ1) is 9.75. The number of hydrogen-bond donors (Lipinski definition) is 0. The van der Waals surface area contributed by atoms with Crippen molar-refractivity contribution in [1.29, 1.82) is 0 Å². The normalized spacial score (nSPS) is 10.2. The van der Waals surface area contributed by atoms with Gasteiger partial charge in [0, 0.05) is 37.9 Å². The molecule has 0 aliphatic heterocycles. The van der Waals surface area contributed by atoms with Crippen LogP contribution in [0.4, 0.5) is 0 Å². The second-order valence-corrected chi connectivity index (χ2v) is 5.41. The van der Waals surface area contributed by atoms with Crippen LogP contribution in [0.2, 0.25) is 0 Å². The Labute approximate surface area is 123 Å². The lowest BCUT2D eigenvalue weighted by atomic mass is 10.3. The molecule has 0 bridgehead atoms. The van der Waals surface area contributed by atoms with Gasteiger partial charge in [-0.05, 0) is 23.8 Å². The Kier molecular flexibility index (Phi) is 5.55. The third kappa shape index (κ3) is 4.66. The van der Waals surface area contributed by atoms with E-state index in [1.165, 1.54) is 0 Å². The van der Waals surface area contributed by atoms with E-state index < -0.39 is 0 Å². The zero-order valence-corrected chi connectivity index (χ0v) is 12.2. The van der Waals surface area contributed by atoms with Crippen molar-refractivity contribution in [2.75, 3.05) is 12.8 Å². The molecule has 2 aromatic rings. The van der Waals surface area contributed by atoms with E-state index in [1.807, 2.05) is 37.4 Å². The van der Waals surface area contributed by atoms with Crippen molar-refractivity contribution in [1.82, 2.24) is 14.9 Å². The number of hydrogen-bond acceptors (Lipinski definition) is 4. The van der Waals surface area contributed by atoms with Crippen molar-refractivity contribution in [2.24, 2.45) is 0 Å². The number of aromatic nitrogens is 2. The Bertz CT molecular complexity index is 533. The second kappa shape index (κ2) is 7.65. The molecule has 2 aromatic heterocycles. The van der Waals surface area contributed by atoms with Gasteiger partial charge in [-0.1, -0.05) is 12.1 Å². The fourth-order valence-corrected chi connectivity index (χ4v) is 2.57. The summed E-state index contributed by atoms with van der Waals surface area (Å²) < 4.78 is 0. The van der Waals surface area contributed by atoms with Gasteiger partial charge in [-0.15, -0.1) is 11.8 Å². The molecule has 2 rings (SSSR count). The van der Waals surface area contributed by atoms with Crippen LogP contribution >= 0.6 is 11.8 Å². The van der Waals surface area contributed by atoms with Crippen LogP contribution in [0.25, 0.3) is 0 Å². The quantitative estimate of drug-likeness (QED) is 0.818. The number of rotatable bonds is 6. The van der Waals surface area contributed by atoms with Gasteiger partial charge < -0.3 is 4.90 Å². The Morgan fingerprint density at radius 3 is 2.85 bits per heavy atom. The molecule has 0 saturated heterocycles. The molecule has 0 saturated carbocycles. The number of nitrogens with zero attached hydrogens (tertiary/aromatic N) is 3. The third-order valence-corrected chi connectivity index (χ3v) is 3.72. The first-order valence-electron chi connectivity index (χ1n) is 6.36. The lowest BCUT2D eigenvalue weighted by Gasteiger charge is -2.16. The topological polar surface area (TPSA) is 46.1 Å². The summed E-state index contributed by atoms with van der Waals surface area (Å²) in [7, 11) is 1.82. The fraction of sp³-hybridized carbons (Fsp3) is 0.267. The van der Waals surface area contributed by atoms with E-state index in [1.54, 1.807) is 35.3 Å². The lowest BCUT2D eigenvalue weighted by molar-refractivity contribution is -0.127. The average molecular weight is 287 g/mol. The number of pyridine rings is 2. The van der Waals surface area contributed by atoms with Gasteiger partial charge in [0.05, 0.1) is 11.4 Å². The van der Waals surface area contributed by atoms with Gasteiger partial charge in [-0.25, -0.2) is 0 Å². The van der Waals surface area contributed by atoms with Crippen molar-refractivity contribution in [3.05, 3.63) is 60.2 Å². The predicted octanol–water partition coefficient (Wildman–Crippen LogP) is 2.37. The van der Waals surface area contributed by atoms with Crippen LogP contribution in [0, 0.1) is 0 Å². The van der Waals surface area contributed by atoms with Crippen molar-refractivity contribution in [3.8, 4) is 0 Å². The van der Waals surface area contributed by atoms with E-state index in [2.05, 4.69) is 9.97 Å². The molecule has 0 spiro atoms. The third-order valence-electron chi connectivity index (χ3n) is 2.77. The molecule has 0 fully saturated rings. The lowest BCUT2D eigenvalue weighted by Crippen LogP contribution is -2.27. The molecule has 0 atom stereocenters. The van der Waals surface area contributed by atoms with Crippen LogP contribution in [0.15, 0.2) is 48.9 Å². The van der Waals surface area contributed by atoms with E-state index in [4.69, 9.17) is 0 Å². The van der Waals surface area contributed by atoms with Crippen LogP contribution in [0.1, 0.15) is 11.3 Å². The van der Waals surface area contributed by atoms with Gasteiger partial charge in [-0.2, -0.15) is 0 Å². The Morgan fingerprint density at radius 1 is 1.25 bits per heavy atom. The molecule has 1 amide bonds. The van der Waals surface area contributed by atoms with Gasteiger partial charge in [0.2, 0.25) is 5.91 Å². The monoisotopic (exact) mass is 287 g/mol. The highest BCUT2D eigenvalue weighted by Gasteiger charge is 2.09. The molecule has 4 nitrogen and oxygen atoms in total. The van der Waals surface area contributed by atoms with Crippen LogP contribution in [-0.4, -0.2) is 33.6 Å². The van der Waals surface area contributed by atoms with Gasteiger partial charge in [0.25, 0.3) is 0 Å². The smallest absolute Gasteiger partial charge is 0.232 e. The molecule has 0 aliphatic carbocycles. The molecule has 0 aliphatic rings. The van der Waals surface area contributed by atoms with Crippen molar-refractivity contribution in [2.45, 2.75) is 12.3 Å². The Balaban J connectivity index is 1.74. The molecule has 0 radical (unpaired) electrons. The van der Waals surface area contributed by atoms with Crippen LogP contribution < -0.4 is 0 Å². The van der Waals surface area contributed by atoms with Gasteiger partial charge in [-0.3, -0.25) is 14.8 Å². The van der Waals surface area contributed by atoms with Gasteiger partial charge in [0.1, 0.15) is 0 Å². The zero-order valence-electron chi connectivity index (χ0n) is 11.4. The molecular formula is C15H17N3OS. The summed E-state index contributed by atoms with van der Waals surface area (Å²) >= 11 is 1.58. The standard InChI is InChI=1S/C15H17N3OS/c1-18(10-13-5-4-7-16-9-13)15(19)12-20-11-14-6-2-3-8-17-14/h2-9H,10-12H2,1H3. The van der Waals surface area contributed by atoms with E-state index in [0.717, 1.165) is 17.0 Å². The Hall–Kier alpha value is -1.88. The highest BCUT2D eigenvalue weighted by atomic mass is 32.2. The van der Waals surface area contributed by atoms with E-state index in [0.29, 0.717) is 12.3 Å². The van der Waals surface area contributed by atoms with Crippen LogP contribution in [-0.2, 0) is 17.1 Å². The van der Waals surface area contributed by atoms with E-state index in [-0.39, 0.29) is 5.91 Å². The van der Waals surface area contributed by atoms with Crippen LogP contribution in [0.5, 0.6) is 0 Å². The molecule has 0 N–H and O–H groups in total. The molecule has 0 unspecified atom stereocenters. The Morgan fingerprint density at radius 2 is 2.15 bits per heavy atom. The fourth-order valence-electron chi connectivity index (χ4n) is 1.69. The highest BCUT2D eigenvalue weighted by Crippen LogP contribution is 2.11. The molecule has 20 heavy (non-hydrogen) atoms. The minimum Gasteiger partial charge on any atom is -0.341 e. The summed E-state index contributed by atoms with van der Waals surface area (Å²) in [5.74, 6) is 1.34.